The summed E-state index contributed by atoms with van der Waals surface area (Å²) >= 11 is 3.42. The van der Waals surface area contributed by atoms with Gasteiger partial charge in [0, 0.05) is 24.1 Å². The van der Waals surface area contributed by atoms with Gasteiger partial charge in [0.1, 0.15) is 0 Å². The lowest BCUT2D eigenvalue weighted by atomic mass is 10.3. The van der Waals surface area contributed by atoms with Gasteiger partial charge in [-0.25, -0.2) is 8.42 Å². The molecule has 3 nitrogen and oxygen atoms in total. The highest BCUT2D eigenvalue weighted by molar-refractivity contribution is 9.09. The van der Waals surface area contributed by atoms with Gasteiger partial charge >= 0.3 is 0 Å². The minimum atomic E-state index is -3.10. The number of alkyl halides is 1. The molecule has 0 saturated heterocycles. The summed E-state index contributed by atoms with van der Waals surface area (Å²) in [5.74, 6) is 0.214. The third-order valence-corrected chi connectivity index (χ3v) is 5.06. The molecule has 0 bridgehead atoms. The topological polar surface area (TPSA) is 37.4 Å². The van der Waals surface area contributed by atoms with Gasteiger partial charge in [0.2, 0.25) is 0 Å². The van der Waals surface area contributed by atoms with Crippen LogP contribution in [0, 0.1) is 0 Å². The quantitative estimate of drug-likeness (QED) is 0.719. The number of nitrogens with zero attached hydrogens (tertiary/aromatic N) is 1. The van der Waals surface area contributed by atoms with Gasteiger partial charge in [-0.3, -0.25) is 0 Å². The highest BCUT2D eigenvalue weighted by Crippen LogP contribution is 2.19. The van der Waals surface area contributed by atoms with Gasteiger partial charge in [-0.1, -0.05) is 22.9 Å². The Labute approximate surface area is 118 Å². The van der Waals surface area contributed by atoms with Gasteiger partial charge in [-0.2, -0.15) is 0 Å². The molecule has 0 spiro atoms. The highest BCUT2D eigenvalue weighted by Gasteiger charge is 2.13. The first-order chi connectivity index (χ1) is 8.55. The standard InChI is InChI=1S/C13H20BrNO2S/c1-3-11-18(16,17)13-7-5-12(6-8-13)15(4-2)10-9-14/h5-8H,3-4,9-11H2,1-2H3. The van der Waals surface area contributed by atoms with E-state index >= 15 is 0 Å². The van der Waals surface area contributed by atoms with Crippen molar-refractivity contribution in [3.63, 3.8) is 0 Å². The summed E-state index contributed by atoms with van der Waals surface area (Å²) in [6, 6.07) is 7.18. The van der Waals surface area contributed by atoms with E-state index in [1.807, 2.05) is 19.1 Å². The molecule has 0 saturated carbocycles. The predicted octanol–water partition coefficient (Wildman–Crippen LogP) is 3.09. The third-order valence-electron chi connectivity index (χ3n) is 2.77. The molecule has 18 heavy (non-hydrogen) atoms. The van der Waals surface area contributed by atoms with Crippen LogP contribution in [-0.2, 0) is 9.84 Å². The van der Waals surface area contributed by atoms with Crippen molar-refractivity contribution in [2.75, 3.05) is 29.1 Å². The van der Waals surface area contributed by atoms with Crippen LogP contribution in [0.5, 0.6) is 0 Å². The van der Waals surface area contributed by atoms with Crippen molar-refractivity contribution in [2.24, 2.45) is 0 Å². The Hall–Kier alpha value is -0.550. The number of anilines is 1. The molecule has 0 aliphatic carbocycles. The zero-order valence-electron chi connectivity index (χ0n) is 10.9. The van der Waals surface area contributed by atoms with Crippen LogP contribution < -0.4 is 4.90 Å². The average molecular weight is 334 g/mol. The molecule has 0 heterocycles. The summed E-state index contributed by atoms with van der Waals surface area (Å²) in [7, 11) is -3.10. The molecule has 0 fully saturated rings. The maximum atomic E-state index is 11.9. The van der Waals surface area contributed by atoms with E-state index in [4.69, 9.17) is 0 Å². The van der Waals surface area contributed by atoms with Crippen molar-refractivity contribution in [1.82, 2.24) is 0 Å². The molecule has 0 radical (unpaired) electrons. The molecule has 1 aromatic rings. The third kappa shape index (κ3) is 3.99. The molecule has 0 aliphatic rings. The summed E-state index contributed by atoms with van der Waals surface area (Å²) in [6.07, 6.45) is 0.648. The van der Waals surface area contributed by atoms with Gasteiger partial charge in [-0.15, -0.1) is 0 Å². The van der Waals surface area contributed by atoms with Crippen molar-refractivity contribution in [3.8, 4) is 0 Å². The Morgan fingerprint density at radius 3 is 2.22 bits per heavy atom. The van der Waals surface area contributed by atoms with Gasteiger partial charge in [0.15, 0.2) is 9.84 Å². The maximum Gasteiger partial charge on any atom is 0.178 e. The number of halogens is 1. The number of benzene rings is 1. The lowest BCUT2D eigenvalue weighted by molar-refractivity contribution is 0.594. The second-order valence-electron chi connectivity index (χ2n) is 4.08. The number of hydrogen-bond donors (Lipinski definition) is 0. The predicted molar refractivity (Wildman–Crippen MR) is 80.5 cm³/mol. The van der Waals surface area contributed by atoms with Crippen LogP contribution in [0.15, 0.2) is 29.2 Å². The van der Waals surface area contributed by atoms with Crippen LogP contribution >= 0.6 is 15.9 Å². The van der Waals surface area contributed by atoms with Gasteiger partial charge in [-0.05, 0) is 37.6 Å². The Morgan fingerprint density at radius 1 is 1.17 bits per heavy atom. The van der Waals surface area contributed by atoms with E-state index in [9.17, 15) is 8.42 Å². The van der Waals surface area contributed by atoms with Crippen molar-refractivity contribution in [3.05, 3.63) is 24.3 Å². The van der Waals surface area contributed by atoms with Crippen LogP contribution in [0.3, 0.4) is 0 Å². The number of hydrogen-bond acceptors (Lipinski definition) is 3. The highest BCUT2D eigenvalue weighted by atomic mass is 79.9. The Morgan fingerprint density at radius 2 is 1.78 bits per heavy atom. The molecule has 5 heteroatoms. The number of sulfone groups is 1. The molecule has 0 unspecified atom stereocenters. The van der Waals surface area contributed by atoms with Crippen LogP contribution in [0.2, 0.25) is 0 Å². The smallest absolute Gasteiger partial charge is 0.178 e. The first-order valence-corrected chi connectivity index (χ1v) is 8.96. The van der Waals surface area contributed by atoms with E-state index in [2.05, 4.69) is 27.8 Å². The van der Waals surface area contributed by atoms with Crippen LogP contribution in [0.4, 0.5) is 5.69 Å². The van der Waals surface area contributed by atoms with Crippen molar-refractivity contribution in [1.29, 1.82) is 0 Å². The van der Waals surface area contributed by atoms with Crippen LogP contribution in [0.25, 0.3) is 0 Å². The van der Waals surface area contributed by atoms with Crippen LogP contribution in [-0.4, -0.2) is 32.6 Å². The Balaban J connectivity index is 2.92. The fraction of sp³-hybridized carbons (Fsp3) is 0.538. The van der Waals surface area contributed by atoms with E-state index in [0.29, 0.717) is 11.3 Å². The molecule has 0 aliphatic heterocycles. The van der Waals surface area contributed by atoms with E-state index in [0.717, 1.165) is 24.1 Å². The summed E-state index contributed by atoms with van der Waals surface area (Å²) in [6.45, 7) is 5.79. The lowest BCUT2D eigenvalue weighted by Gasteiger charge is -2.22. The lowest BCUT2D eigenvalue weighted by Crippen LogP contribution is -2.24. The molecule has 0 N–H and O–H groups in total. The monoisotopic (exact) mass is 333 g/mol. The largest absolute Gasteiger partial charge is 0.371 e. The molecule has 0 aromatic heterocycles. The average Bonchev–Trinajstić information content (AvgIpc) is 2.36. The molecule has 1 rings (SSSR count). The van der Waals surface area contributed by atoms with Gasteiger partial charge in [0.05, 0.1) is 10.6 Å². The SMILES string of the molecule is CCCS(=O)(=O)c1ccc(N(CC)CCBr)cc1. The maximum absolute atomic E-state index is 11.9. The molecule has 1 aromatic carbocycles. The van der Waals surface area contributed by atoms with Crippen molar-refractivity contribution < 1.29 is 8.42 Å². The van der Waals surface area contributed by atoms with E-state index in [1.165, 1.54) is 0 Å². The fourth-order valence-electron chi connectivity index (χ4n) is 1.82. The summed E-state index contributed by atoms with van der Waals surface area (Å²) in [4.78, 5) is 2.62. The van der Waals surface area contributed by atoms with Crippen molar-refractivity contribution in [2.45, 2.75) is 25.2 Å². The van der Waals surface area contributed by atoms with Crippen molar-refractivity contribution >= 4 is 31.5 Å². The molecule has 0 amide bonds. The Kier molecular flexibility index (Phi) is 6.15. The second-order valence-corrected chi connectivity index (χ2v) is 6.98. The minimum Gasteiger partial charge on any atom is -0.371 e. The van der Waals surface area contributed by atoms with E-state index in [1.54, 1.807) is 12.1 Å². The normalized spacial score (nSPS) is 11.5. The van der Waals surface area contributed by atoms with Crippen LogP contribution in [0.1, 0.15) is 20.3 Å². The zero-order chi connectivity index (χ0) is 13.6. The van der Waals surface area contributed by atoms with E-state index in [-0.39, 0.29) is 5.75 Å². The van der Waals surface area contributed by atoms with E-state index < -0.39 is 9.84 Å². The molecular formula is C13H20BrNO2S. The fourth-order valence-corrected chi connectivity index (χ4v) is 3.57. The molecular weight excluding hydrogens is 314 g/mol. The van der Waals surface area contributed by atoms with Gasteiger partial charge in [0.25, 0.3) is 0 Å². The first-order valence-electron chi connectivity index (χ1n) is 6.19. The molecule has 0 atom stereocenters. The number of rotatable bonds is 7. The van der Waals surface area contributed by atoms with Gasteiger partial charge < -0.3 is 4.90 Å². The summed E-state index contributed by atoms with van der Waals surface area (Å²) in [5.41, 5.74) is 1.06. The summed E-state index contributed by atoms with van der Waals surface area (Å²) in [5, 5.41) is 0.900. The second kappa shape index (κ2) is 7.14. The minimum absolute atomic E-state index is 0.214. The summed E-state index contributed by atoms with van der Waals surface area (Å²) < 4.78 is 23.8. The first kappa shape index (κ1) is 15.5. The Bertz CT molecular complexity index is 456. The zero-order valence-corrected chi connectivity index (χ0v) is 13.3. The molecule has 102 valence electrons.